The van der Waals surface area contributed by atoms with Gasteiger partial charge < -0.3 is 10.1 Å². The maximum atomic E-state index is 6.37. The van der Waals surface area contributed by atoms with Crippen molar-refractivity contribution in [2.24, 2.45) is 5.92 Å². The molecule has 1 aromatic heterocycles. The lowest BCUT2D eigenvalue weighted by Gasteiger charge is -2.25. The fourth-order valence-corrected chi connectivity index (χ4v) is 3.29. The largest absolute Gasteiger partial charge is 0.383 e. The molecule has 1 heterocycles. The summed E-state index contributed by atoms with van der Waals surface area (Å²) < 4.78 is 7.15. The van der Waals surface area contributed by atoms with E-state index in [1.807, 2.05) is 4.68 Å². The normalized spacial score (nSPS) is 18.1. The quantitative estimate of drug-likeness (QED) is 0.837. The predicted octanol–water partition coefficient (Wildman–Crippen LogP) is 3.02. The topological polar surface area (TPSA) is 39.1 Å². The van der Waals surface area contributed by atoms with Crippen LogP contribution < -0.4 is 5.32 Å². The van der Waals surface area contributed by atoms with Crippen LogP contribution in [0.2, 0.25) is 5.02 Å². The molecule has 1 unspecified atom stereocenters. The molecule has 4 nitrogen and oxygen atoms in total. The Morgan fingerprint density at radius 3 is 2.89 bits per heavy atom. The van der Waals surface area contributed by atoms with E-state index in [1.54, 1.807) is 13.3 Å². The SMILES string of the molecule is CCNC(c1c(Cl)cnn1CCOC)C1CCCC1. The van der Waals surface area contributed by atoms with Gasteiger partial charge >= 0.3 is 0 Å². The molecule has 1 saturated carbocycles. The van der Waals surface area contributed by atoms with Gasteiger partial charge in [0, 0.05) is 7.11 Å². The fraction of sp³-hybridized carbons (Fsp3) is 0.786. The van der Waals surface area contributed by atoms with E-state index in [9.17, 15) is 0 Å². The van der Waals surface area contributed by atoms with Gasteiger partial charge in [0.2, 0.25) is 0 Å². The Labute approximate surface area is 120 Å². The average Bonchev–Trinajstić information content (AvgIpc) is 3.04. The number of hydrogen-bond donors (Lipinski definition) is 1. The molecule has 1 N–H and O–H groups in total. The number of halogens is 1. The number of nitrogens with zero attached hydrogens (tertiary/aromatic N) is 2. The van der Waals surface area contributed by atoms with Gasteiger partial charge in [0.05, 0.1) is 36.1 Å². The van der Waals surface area contributed by atoms with Gasteiger partial charge in [-0.25, -0.2) is 0 Å². The second-order valence-electron chi connectivity index (χ2n) is 5.17. The second kappa shape index (κ2) is 7.27. The number of nitrogens with one attached hydrogen (secondary N) is 1. The molecule has 0 saturated heterocycles. The Bertz CT molecular complexity index is 388. The summed E-state index contributed by atoms with van der Waals surface area (Å²) in [7, 11) is 1.71. The van der Waals surface area contributed by atoms with Crippen LogP contribution in [-0.4, -0.2) is 30.0 Å². The Balaban J connectivity index is 2.21. The van der Waals surface area contributed by atoms with Crippen molar-refractivity contribution in [2.75, 3.05) is 20.3 Å². The van der Waals surface area contributed by atoms with Crippen LogP contribution in [-0.2, 0) is 11.3 Å². The van der Waals surface area contributed by atoms with Crippen molar-refractivity contribution in [1.29, 1.82) is 0 Å². The summed E-state index contributed by atoms with van der Waals surface area (Å²) in [5.74, 6) is 0.676. The monoisotopic (exact) mass is 285 g/mol. The molecule has 1 fully saturated rings. The summed E-state index contributed by atoms with van der Waals surface area (Å²) in [6, 6.07) is 0.319. The van der Waals surface area contributed by atoms with Crippen molar-refractivity contribution in [3.63, 3.8) is 0 Å². The first kappa shape index (κ1) is 14.8. The molecule has 5 heteroatoms. The van der Waals surface area contributed by atoms with Gasteiger partial charge in [0.15, 0.2) is 0 Å². The summed E-state index contributed by atoms with van der Waals surface area (Å²) in [4.78, 5) is 0. The molecule has 0 aromatic carbocycles. The van der Waals surface area contributed by atoms with E-state index >= 15 is 0 Å². The van der Waals surface area contributed by atoms with Gasteiger partial charge in [0.1, 0.15) is 0 Å². The molecule has 1 atom stereocenters. The van der Waals surface area contributed by atoms with Gasteiger partial charge in [-0.1, -0.05) is 31.4 Å². The van der Waals surface area contributed by atoms with Gasteiger partial charge in [-0.05, 0) is 25.3 Å². The molecule has 1 aliphatic carbocycles. The Kier molecular flexibility index (Phi) is 5.67. The molecule has 0 bridgehead atoms. The van der Waals surface area contributed by atoms with E-state index in [1.165, 1.54) is 25.7 Å². The van der Waals surface area contributed by atoms with Crippen LogP contribution in [0.5, 0.6) is 0 Å². The van der Waals surface area contributed by atoms with Crippen LogP contribution in [0.25, 0.3) is 0 Å². The predicted molar refractivity (Wildman–Crippen MR) is 77.5 cm³/mol. The maximum Gasteiger partial charge on any atom is 0.0834 e. The van der Waals surface area contributed by atoms with Crippen LogP contribution in [0.15, 0.2) is 6.20 Å². The highest BCUT2D eigenvalue weighted by atomic mass is 35.5. The third kappa shape index (κ3) is 3.50. The first-order valence-corrected chi connectivity index (χ1v) is 7.59. The zero-order valence-electron chi connectivity index (χ0n) is 11.9. The van der Waals surface area contributed by atoms with Crippen molar-refractivity contribution in [3.05, 3.63) is 16.9 Å². The zero-order valence-corrected chi connectivity index (χ0v) is 12.6. The maximum absolute atomic E-state index is 6.37. The molecule has 0 aliphatic heterocycles. The lowest BCUT2D eigenvalue weighted by atomic mass is 9.95. The number of hydrogen-bond acceptors (Lipinski definition) is 3. The lowest BCUT2D eigenvalue weighted by molar-refractivity contribution is 0.180. The smallest absolute Gasteiger partial charge is 0.0834 e. The molecule has 1 aromatic rings. The molecular formula is C14H24ClN3O. The highest BCUT2D eigenvalue weighted by Gasteiger charge is 2.29. The van der Waals surface area contributed by atoms with Gasteiger partial charge in [-0.2, -0.15) is 5.10 Å². The van der Waals surface area contributed by atoms with Crippen LogP contribution in [0.4, 0.5) is 0 Å². The number of methoxy groups -OCH3 is 1. The summed E-state index contributed by atoms with van der Waals surface area (Å²) in [5, 5.41) is 8.76. The number of aromatic nitrogens is 2. The van der Waals surface area contributed by atoms with Crippen LogP contribution >= 0.6 is 11.6 Å². The number of ether oxygens (including phenoxy) is 1. The molecular weight excluding hydrogens is 262 g/mol. The first-order valence-electron chi connectivity index (χ1n) is 7.21. The summed E-state index contributed by atoms with van der Waals surface area (Å²) >= 11 is 6.37. The van der Waals surface area contributed by atoms with E-state index in [0.29, 0.717) is 18.6 Å². The molecule has 0 spiro atoms. The molecule has 0 radical (unpaired) electrons. The summed E-state index contributed by atoms with van der Waals surface area (Å²) in [6.45, 7) is 4.51. The van der Waals surface area contributed by atoms with E-state index in [4.69, 9.17) is 16.3 Å². The van der Waals surface area contributed by atoms with Crippen molar-refractivity contribution in [1.82, 2.24) is 15.1 Å². The Hall–Kier alpha value is -0.580. The van der Waals surface area contributed by atoms with Crippen LogP contribution in [0, 0.1) is 5.92 Å². The highest BCUT2D eigenvalue weighted by molar-refractivity contribution is 6.31. The van der Waals surface area contributed by atoms with Gasteiger partial charge in [-0.15, -0.1) is 0 Å². The van der Waals surface area contributed by atoms with E-state index in [0.717, 1.165) is 23.8 Å². The molecule has 0 amide bonds. The molecule has 108 valence electrons. The van der Waals surface area contributed by atoms with Crippen molar-refractivity contribution < 1.29 is 4.74 Å². The van der Waals surface area contributed by atoms with E-state index in [2.05, 4.69) is 17.3 Å². The van der Waals surface area contributed by atoms with Crippen molar-refractivity contribution >= 4 is 11.6 Å². The third-order valence-corrected chi connectivity index (χ3v) is 4.22. The summed E-state index contributed by atoms with van der Waals surface area (Å²) in [6.07, 6.45) is 6.98. The van der Waals surface area contributed by atoms with Crippen LogP contribution in [0.3, 0.4) is 0 Å². The van der Waals surface area contributed by atoms with Gasteiger partial charge in [0.25, 0.3) is 0 Å². The zero-order chi connectivity index (χ0) is 13.7. The van der Waals surface area contributed by atoms with E-state index < -0.39 is 0 Å². The van der Waals surface area contributed by atoms with Crippen LogP contribution in [0.1, 0.15) is 44.3 Å². The molecule has 1 aliphatic rings. The average molecular weight is 286 g/mol. The van der Waals surface area contributed by atoms with Crippen molar-refractivity contribution in [2.45, 2.75) is 45.2 Å². The number of rotatable bonds is 7. The Morgan fingerprint density at radius 2 is 2.26 bits per heavy atom. The lowest BCUT2D eigenvalue weighted by Crippen LogP contribution is -2.30. The minimum Gasteiger partial charge on any atom is -0.383 e. The third-order valence-electron chi connectivity index (χ3n) is 3.93. The molecule has 19 heavy (non-hydrogen) atoms. The second-order valence-corrected chi connectivity index (χ2v) is 5.58. The minimum atomic E-state index is 0.319. The highest BCUT2D eigenvalue weighted by Crippen LogP contribution is 2.38. The van der Waals surface area contributed by atoms with E-state index in [-0.39, 0.29) is 0 Å². The van der Waals surface area contributed by atoms with Crippen molar-refractivity contribution in [3.8, 4) is 0 Å². The minimum absolute atomic E-state index is 0.319. The Morgan fingerprint density at radius 1 is 1.53 bits per heavy atom. The first-order chi connectivity index (χ1) is 9.27. The molecule has 2 rings (SSSR count). The summed E-state index contributed by atoms with van der Waals surface area (Å²) in [5.41, 5.74) is 1.13. The standard InChI is InChI=1S/C14H24ClN3O/c1-3-16-13(11-6-4-5-7-11)14-12(15)10-17-18(14)8-9-19-2/h10-11,13,16H,3-9H2,1-2H3. The fourth-order valence-electron chi connectivity index (χ4n) is 3.03. The van der Waals surface area contributed by atoms with Gasteiger partial charge in [-0.3, -0.25) is 4.68 Å².